The third kappa shape index (κ3) is 3.09. The highest BCUT2D eigenvalue weighted by molar-refractivity contribution is 5.94. The molecule has 0 bridgehead atoms. The van der Waals surface area contributed by atoms with Gasteiger partial charge in [0.15, 0.2) is 0 Å². The van der Waals surface area contributed by atoms with Crippen molar-refractivity contribution in [3.05, 3.63) is 35.1 Å². The first kappa shape index (κ1) is 14.8. The van der Waals surface area contributed by atoms with E-state index < -0.39 is 29.0 Å². The summed E-state index contributed by atoms with van der Waals surface area (Å²) in [6.45, 7) is 3.00. The van der Waals surface area contributed by atoms with Crippen molar-refractivity contribution >= 4 is 5.91 Å². The summed E-state index contributed by atoms with van der Waals surface area (Å²) in [6, 6.07) is 1.77. The minimum Gasteiger partial charge on any atom is -0.380 e. The van der Waals surface area contributed by atoms with Gasteiger partial charge in [-0.2, -0.15) is 13.2 Å². The number of hydrogen-bond donors (Lipinski definition) is 1. The molecule has 0 atom stereocenters. The summed E-state index contributed by atoms with van der Waals surface area (Å²) in [4.78, 5) is 11.8. The zero-order valence-electron chi connectivity index (χ0n) is 10.7. The van der Waals surface area contributed by atoms with Crippen LogP contribution in [0.2, 0.25) is 0 Å². The number of ether oxygens (including phenoxy) is 1. The lowest BCUT2D eigenvalue weighted by Crippen LogP contribution is -2.48. The molecule has 1 N–H and O–H groups in total. The normalized spacial score (nSPS) is 17.4. The van der Waals surface area contributed by atoms with Gasteiger partial charge in [0.05, 0.1) is 24.3 Å². The van der Waals surface area contributed by atoms with Gasteiger partial charge in [-0.05, 0) is 18.2 Å². The Morgan fingerprint density at radius 2 is 2.05 bits per heavy atom. The highest BCUT2D eigenvalue weighted by Gasteiger charge is 2.35. The molecular weight excluding hydrogens is 278 g/mol. The van der Waals surface area contributed by atoms with E-state index in [1.807, 2.05) is 6.92 Å². The van der Waals surface area contributed by atoms with Crippen LogP contribution >= 0.6 is 0 Å². The maximum Gasteiger partial charge on any atom is 0.416 e. The largest absolute Gasteiger partial charge is 0.416 e. The molecule has 0 aliphatic carbocycles. The minimum absolute atomic E-state index is 0.224. The Balaban J connectivity index is 2.12. The Hall–Kier alpha value is -1.63. The highest BCUT2D eigenvalue weighted by Crippen LogP contribution is 2.30. The third-order valence-corrected chi connectivity index (χ3v) is 3.12. The van der Waals surface area contributed by atoms with Crippen molar-refractivity contribution in [2.24, 2.45) is 5.41 Å². The fraction of sp³-hybridized carbons (Fsp3) is 0.462. The topological polar surface area (TPSA) is 38.3 Å². The van der Waals surface area contributed by atoms with Crippen LogP contribution in [0.25, 0.3) is 0 Å². The van der Waals surface area contributed by atoms with Gasteiger partial charge >= 0.3 is 6.18 Å². The Bertz CT molecular complexity index is 524. The third-order valence-electron chi connectivity index (χ3n) is 3.12. The average Bonchev–Trinajstić information content (AvgIpc) is 2.32. The maximum atomic E-state index is 13.5. The molecule has 0 aromatic heterocycles. The Morgan fingerprint density at radius 1 is 1.40 bits per heavy atom. The monoisotopic (exact) mass is 291 g/mol. The fourth-order valence-corrected chi connectivity index (χ4v) is 1.82. The highest BCUT2D eigenvalue weighted by atomic mass is 19.4. The Kier molecular flexibility index (Phi) is 3.73. The van der Waals surface area contributed by atoms with Crippen LogP contribution in [0.15, 0.2) is 18.2 Å². The van der Waals surface area contributed by atoms with Gasteiger partial charge < -0.3 is 10.1 Å². The molecule has 2 rings (SSSR count). The number of benzene rings is 1. The Morgan fingerprint density at radius 3 is 2.55 bits per heavy atom. The van der Waals surface area contributed by atoms with E-state index in [1.165, 1.54) is 0 Å². The second-order valence-electron chi connectivity index (χ2n) is 5.18. The lowest BCUT2D eigenvalue weighted by molar-refractivity contribution is -0.137. The fourth-order valence-electron chi connectivity index (χ4n) is 1.82. The lowest BCUT2D eigenvalue weighted by Gasteiger charge is -2.38. The summed E-state index contributed by atoms with van der Waals surface area (Å²) < 4.78 is 56.1. The number of rotatable bonds is 3. The predicted octanol–water partition coefficient (Wildman–Crippen LogP) is 2.61. The molecular formula is C13H13F4NO2. The number of halogens is 4. The van der Waals surface area contributed by atoms with Crippen LogP contribution in [0.4, 0.5) is 17.6 Å². The first-order valence-electron chi connectivity index (χ1n) is 5.94. The zero-order chi connectivity index (χ0) is 15.0. The van der Waals surface area contributed by atoms with Crippen molar-refractivity contribution in [2.45, 2.75) is 13.1 Å². The van der Waals surface area contributed by atoms with Crippen LogP contribution in [-0.4, -0.2) is 25.7 Å². The molecule has 0 spiro atoms. The van der Waals surface area contributed by atoms with E-state index in [9.17, 15) is 22.4 Å². The molecule has 7 heteroatoms. The SMILES string of the molecule is CC1(CNC(=O)c2cc(C(F)(F)F)ccc2F)COC1. The zero-order valence-corrected chi connectivity index (χ0v) is 10.7. The molecule has 1 amide bonds. The first-order valence-corrected chi connectivity index (χ1v) is 5.94. The summed E-state index contributed by atoms with van der Waals surface area (Å²) in [6.07, 6.45) is -4.61. The van der Waals surface area contributed by atoms with Gasteiger partial charge in [0.1, 0.15) is 5.82 Å². The van der Waals surface area contributed by atoms with Crippen molar-refractivity contribution < 1.29 is 27.1 Å². The standard InChI is InChI=1S/C13H13F4NO2/c1-12(6-20-7-12)5-18-11(19)9-4-8(13(15,16)17)2-3-10(9)14/h2-4H,5-7H2,1H3,(H,18,19). The number of nitrogens with one attached hydrogen (secondary N) is 1. The summed E-state index contributed by atoms with van der Waals surface area (Å²) >= 11 is 0. The summed E-state index contributed by atoms with van der Waals surface area (Å²) in [7, 11) is 0. The van der Waals surface area contributed by atoms with E-state index in [2.05, 4.69) is 5.32 Å². The molecule has 0 radical (unpaired) electrons. The summed E-state index contributed by atoms with van der Waals surface area (Å²) in [5, 5.41) is 2.43. The van der Waals surface area contributed by atoms with Gasteiger partial charge in [-0.3, -0.25) is 4.79 Å². The summed E-state index contributed by atoms with van der Waals surface area (Å²) in [5.41, 5.74) is -1.90. The second kappa shape index (κ2) is 5.05. The van der Waals surface area contributed by atoms with Crippen molar-refractivity contribution in [1.29, 1.82) is 0 Å². The van der Waals surface area contributed by atoms with Crippen LogP contribution in [0.5, 0.6) is 0 Å². The van der Waals surface area contributed by atoms with Gasteiger partial charge in [0.25, 0.3) is 5.91 Å². The number of alkyl halides is 3. The van der Waals surface area contributed by atoms with Crippen molar-refractivity contribution in [1.82, 2.24) is 5.32 Å². The van der Waals surface area contributed by atoms with Gasteiger partial charge in [0.2, 0.25) is 0 Å². The average molecular weight is 291 g/mol. The van der Waals surface area contributed by atoms with E-state index >= 15 is 0 Å². The predicted molar refractivity (Wildman–Crippen MR) is 62.7 cm³/mol. The van der Waals surface area contributed by atoms with Crippen molar-refractivity contribution in [3.8, 4) is 0 Å². The van der Waals surface area contributed by atoms with Crippen LogP contribution in [0.1, 0.15) is 22.8 Å². The molecule has 0 saturated carbocycles. The maximum absolute atomic E-state index is 13.5. The molecule has 110 valence electrons. The van der Waals surface area contributed by atoms with Gasteiger partial charge in [-0.1, -0.05) is 6.92 Å². The number of amides is 1. The molecule has 1 fully saturated rings. The van der Waals surface area contributed by atoms with Crippen molar-refractivity contribution in [3.63, 3.8) is 0 Å². The molecule has 1 aliphatic heterocycles. The first-order chi connectivity index (χ1) is 9.21. The van der Waals surface area contributed by atoms with E-state index in [0.29, 0.717) is 31.4 Å². The summed E-state index contributed by atoms with van der Waals surface area (Å²) in [5.74, 6) is -1.84. The van der Waals surface area contributed by atoms with Crippen LogP contribution in [0.3, 0.4) is 0 Å². The molecule has 3 nitrogen and oxygen atoms in total. The molecule has 20 heavy (non-hydrogen) atoms. The number of hydrogen-bond acceptors (Lipinski definition) is 2. The molecule has 1 saturated heterocycles. The lowest BCUT2D eigenvalue weighted by atomic mass is 9.88. The molecule has 1 aliphatic rings. The second-order valence-corrected chi connectivity index (χ2v) is 5.18. The van der Waals surface area contributed by atoms with Crippen LogP contribution in [0, 0.1) is 11.2 Å². The van der Waals surface area contributed by atoms with Gasteiger partial charge in [0, 0.05) is 12.0 Å². The van der Waals surface area contributed by atoms with E-state index in [-0.39, 0.29) is 12.0 Å². The van der Waals surface area contributed by atoms with Gasteiger partial charge in [-0.15, -0.1) is 0 Å². The number of carbonyl (C=O) groups excluding carboxylic acids is 1. The molecule has 0 unspecified atom stereocenters. The molecule has 1 heterocycles. The van der Waals surface area contributed by atoms with E-state index in [1.54, 1.807) is 0 Å². The van der Waals surface area contributed by atoms with E-state index in [4.69, 9.17) is 4.74 Å². The number of carbonyl (C=O) groups is 1. The van der Waals surface area contributed by atoms with Crippen LogP contribution in [-0.2, 0) is 10.9 Å². The minimum atomic E-state index is -4.61. The Labute approximate surface area is 112 Å². The quantitative estimate of drug-likeness (QED) is 0.869. The smallest absolute Gasteiger partial charge is 0.380 e. The molecule has 1 aromatic rings. The van der Waals surface area contributed by atoms with Gasteiger partial charge in [-0.25, -0.2) is 4.39 Å². The molecule has 1 aromatic carbocycles. The van der Waals surface area contributed by atoms with Crippen LogP contribution < -0.4 is 5.32 Å². The van der Waals surface area contributed by atoms with Crippen molar-refractivity contribution in [2.75, 3.05) is 19.8 Å². The van der Waals surface area contributed by atoms with E-state index in [0.717, 1.165) is 0 Å².